The predicted octanol–water partition coefficient (Wildman–Crippen LogP) is 3.07. The summed E-state index contributed by atoms with van der Waals surface area (Å²) < 4.78 is 39.6. The van der Waals surface area contributed by atoms with Crippen molar-refractivity contribution in [1.29, 1.82) is 0 Å². The Morgan fingerprint density at radius 1 is 1.40 bits per heavy atom. The molecule has 1 aromatic rings. The summed E-state index contributed by atoms with van der Waals surface area (Å²) in [4.78, 5) is 13.1. The third kappa shape index (κ3) is 5.10. The van der Waals surface area contributed by atoms with Crippen LogP contribution in [0.2, 0.25) is 0 Å². The van der Waals surface area contributed by atoms with E-state index in [1.165, 1.54) is 17.0 Å². The van der Waals surface area contributed by atoms with Crippen LogP contribution in [0.5, 0.6) is 5.75 Å². The van der Waals surface area contributed by atoms with E-state index in [4.69, 9.17) is 6.42 Å². The number of nitrogens with one attached hydrogen (secondary N) is 1. The Balaban J connectivity index is 2.66. The van der Waals surface area contributed by atoms with Crippen molar-refractivity contribution in [3.8, 4) is 18.1 Å². The van der Waals surface area contributed by atoms with E-state index in [0.717, 1.165) is 12.1 Å². The monoisotopic (exact) mass is 286 g/mol. The number of carbonyl (C=O) groups excluding carboxylic acids is 1. The van der Waals surface area contributed by atoms with Gasteiger partial charge < -0.3 is 15.0 Å². The fourth-order valence-corrected chi connectivity index (χ4v) is 1.38. The van der Waals surface area contributed by atoms with Crippen LogP contribution in [-0.4, -0.2) is 30.4 Å². The average molecular weight is 286 g/mol. The molecule has 1 rings (SSSR count). The number of halogens is 3. The molecule has 0 unspecified atom stereocenters. The zero-order valence-electron chi connectivity index (χ0n) is 10.7. The molecule has 20 heavy (non-hydrogen) atoms. The topological polar surface area (TPSA) is 41.6 Å². The number of amides is 2. The Labute approximate surface area is 114 Å². The normalized spacial score (nSPS) is 10.6. The number of rotatable bonds is 4. The summed E-state index contributed by atoms with van der Waals surface area (Å²) in [6, 6.07) is 4.42. The summed E-state index contributed by atoms with van der Waals surface area (Å²) in [7, 11) is 0. The Morgan fingerprint density at radius 3 is 2.45 bits per heavy atom. The number of hydrogen-bond acceptors (Lipinski definition) is 2. The van der Waals surface area contributed by atoms with Crippen LogP contribution >= 0.6 is 0 Å². The molecule has 0 aliphatic rings. The first-order valence-electron chi connectivity index (χ1n) is 5.71. The molecule has 0 aromatic heterocycles. The van der Waals surface area contributed by atoms with Crippen molar-refractivity contribution in [3.63, 3.8) is 0 Å². The summed E-state index contributed by atoms with van der Waals surface area (Å²) in [6.07, 6.45) is 0.381. The van der Waals surface area contributed by atoms with Gasteiger partial charge in [-0.1, -0.05) is 5.92 Å². The lowest BCUT2D eigenvalue weighted by molar-refractivity contribution is -0.274. The van der Waals surface area contributed by atoms with Crippen LogP contribution in [0.25, 0.3) is 0 Å². The maximum Gasteiger partial charge on any atom is 0.573 e. The molecular weight excluding hydrogens is 273 g/mol. The molecule has 4 nitrogen and oxygen atoms in total. The van der Waals surface area contributed by atoms with E-state index in [-0.39, 0.29) is 12.3 Å². The molecule has 0 atom stereocenters. The molecule has 0 aliphatic heterocycles. The minimum atomic E-state index is -4.74. The predicted molar refractivity (Wildman–Crippen MR) is 68.2 cm³/mol. The number of ether oxygens (including phenoxy) is 1. The molecule has 0 saturated carbocycles. The molecule has 2 amide bonds. The van der Waals surface area contributed by atoms with Crippen LogP contribution in [-0.2, 0) is 0 Å². The Kier molecular flexibility index (Phi) is 5.26. The molecule has 0 bridgehead atoms. The number of urea groups is 1. The van der Waals surface area contributed by atoms with E-state index < -0.39 is 12.4 Å². The van der Waals surface area contributed by atoms with Crippen LogP contribution < -0.4 is 10.1 Å². The lowest BCUT2D eigenvalue weighted by Gasteiger charge is -2.18. The SMILES string of the molecule is C#CCN(CC)C(=O)Nc1ccc(OC(F)(F)F)cc1. The van der Waals surface area contributed by atoms with Gasteiger partial charge in [-0.05, 0) is 31.2 Å². The molecule has 0 heterocycles. The van der Waals surface area contributed by atoms with E-state index in [0.29, 0.717) is 12.2 Å². The van der Waals surface area contributed by atoms with Gasteiger partial charge >= 0.3 is 12.4 Å². The van der Waals surface area contributed by atoms with Crippen LogP contribution in [0.3, 0.4) is 0 Å². The number of alkyl halides is 3. The number of nitrogens with zero attached hydrogens (tertiary/aromatic N) is 1. The number of benzene rings is 1. The second-order valence-corrected chi connectivity index (χ2v) is 3.72. The molecule has 0 fully saturated rings. The first-order chi connectivity index (χ1) is 9.35. The molecule has 0 aliphatic carbocycles. The fraction of sp³-hybridized carbons (Fsp3) is 0.308. The molecule has 0 radical (unpaired) electrons. The second-order valence-electron chi connectivity index (χ2n) is 3.72. The molecular formula is C13H13F3N2O2. The summed E-state index contributed by atoms with van der Waals surface area (Å²) in [5.74, 6) is 1.99. The van der Waals surface area contributed by atoms with Crippen LogP contribution in [0.15, 0.2) is 24.3 Å². The van der Waals surface area contributed by atoms with E-state index in [2.05, 4.69) is 16.0 Å². The standard InChI is InChI=1S/C13H13F3N2O2/c1-3-9-18(4-2)12(19)17-10-5-7-11(8-6-10)20-13(14,15)16/h1,5-8H,4,9H2,2H3,(H,17,19). The minimum Gasteiger partial charge on any atom is -0.406 e. The van der Waals surface area contributed by atoms with Gasteiger partial charge in [0.1, 0.15) is 5.75 Å². The number of hydrogen-bond donors (Lipinski definition) is 1. The zero-order chi connectivity index (χ0) is 15.2. The molecule has 1 aromatic carbocycles. The van der Waals surface area contributed by atoms with Crippen molar-refractivity contribution in [2.24, 2.45) is 0 Å². The number of carbonyl (C=O) groups is 1. The van der Waals surface area contributed by atoms with Crippen LogP contribution in [0, 0.1) is 12.3 Å². The summed E-state index contributed by atoms with van der Waals surface area (Å²) in [5, 5.41) is 2.52. The van der Waals surface area contributed by atoms with Crippen molar-refractivity contribution in [3.05, 3.63) is 24.3 Å². The lowest BCUT2D eigenvalue weighted by Crippen LogP contribution is -2.35. The van der Waals surface area contributed by atoms with Gasteiger partial charge in [-0.2, -0.15) is 0 Å². The summed E-state index contributed by atoms with van der Waals surface area (Å²) in [6.45, 7) is 2.33. The summed E-state index contributed by atoms with van der Waals surface area (Å²) >= 11 is 0. The van der Waals surface area contributed by atoms with Gasteiger partial charge in [0.2, 0.25) is 0 Å². The van der Waals surface area contributed by atoms with Gasteiger partial charge in [0.25, 0.3) is 0 Å². The summed E-state index contributed by atoms with van der Waals surface area (Å²) in [5.41, 5.74) is 0.347. The van der Waals surface area contributed by atoms with Gasteiger partial charge in [-0.15, -0.1) is 19.6 Å². The van der Waals surface area contributed by atoms with E-state index >= 15 is 0 Å². The van der Waals surface area contributed by atoms with Crippen LogP contribution in [0.4, 0.5) is 23.7 Å². The highest BCUT2D eigenvalue weighted by Crippen LogP contribution is 2.23. The fourth-order valence-electron chi connectivity index (χ4n) is 1.38. The molecule has 0 spiro atoms. The second kappa shape index (κ2) is 6.70. The van der Waals surface area contributed by atoms with E-state index in [9.17, 15) is 18.0 Å². The van der Waals surface area contributed by atoms with Crippen molar-refractivity contribution < 1.29 is 22.7 Å². The highest BCUT2D eigenvalue weighted by molar-refractivity contribution is 5.89. The minimum absolute atomic E-state index is 0.150. The zero-order valence-corrected chi connectivity index (χ0v) is 10.7. The largest absolute Gasteiger partial charge is 0.573 e. The smallest absolute Gasteiger partial charge is 0.406 e. The van der Waals surface area contributed by atoms with E-state index in [1.54, 1.807) is 6.92 Å². The van der Waals surface area contributed by atoms with Crippen molar-refractivity contribution in [2.45, 2.75) is 13.3 Å². The van der Waals surface area contributed by atoms with Gasteiger partial charge in [0.15, 0.2) is 0 Å². The molecule has 0 saturated heterocycles. The van der Waals surface area contributed by atoms with Crippen molar-refractivity contribution in [2.75, 3.05) is 18.4 Å². The first-order valence-corrected chi connectivity index (χ1v) is 5.71. The number of anilines is 1. The van der Waals surface area contributed by atoms with Gasteiger partial charge in [0.05, 0.1) is 6.54 Å². The maximum absolute atomic E-state index is 12.0. The van der Waals surface area contributed by atoms with Gasteiger partial charge in [-0.3, -0.25) is 0 Å². The average Bonchev–Trinajstić information content (AvgIpc) is 2.36. The number of terminal acetylenes is 1. The van der Waals surface area contributed by atoms with Crippen LogP contribution in [0.1, 0.15) is 6.92 Å². The van der Waals surface area contributed by atoms with Gasteiger partial charge in [-0.25, -0.2) is 4.79 Å². The van der Waals surface area contributed by atoms with Crippen molar-refractivity contribution >= 4 is 11.7 Å². The van der Waals surface area contributed by atoms with Crippen molar-refractivity contribution in [1.82, 2.24) is 4.90 Å². The molecule has 7 heteroatoms. The third-order valence-corrected chi connectivity index (χ3v) is 2.29. The van der Waals surface area contributed by atoms with Gasteiger partial charge in [0, 0.05) is 12.2 Å². The Morgan fingerprint density at radius 2 is 2.00 bits per heavy atom. The molecule has 108 valence electrons. The Bertz CT molecular complexity index is 492. The third-order valence-electron chi connectivity index (χ3n) is 2.29. The Hall–Kier alpha value is -2.36. The molecule has 1 N–H and O–H groups in total. The highest BCUT2D eigenvalue weighted by Gasteiger charge is 2.30. The quantitative estimate of drug-likeness (QED) is 0.864. The van der Waals surface area contributed by atoms with E-state index in [1.807, 2.05) is 0 Å². The lowest BCUT2D eigenvalue weighted by atomic mass is 10.3. The maximum atomic E-state index is 12.0. The first kappa shape index (κ1) is 15.7. The highest BCUT2D eigenvalue weighted by atomic mass is 19.4.